The standard InChI is InChI=1S/C16H13NO2/c17-10-13-8-12(4-7-16(13)18)11-2-1-3-15(9-11)19-14-5-6-14/h1-4,7-9,14,18H,5-6H2. The molecule has 19 heavy (non-hydrogen) atoms. The van der Waals surface area contributed by atoms with Gasteiger partial charge < -0.3 is 9.84 Å². The lowest BCUT2D eigenvalue weighted by molar-refractivity contribution is 0.303. The van der Waals surface area contributed by atoms with Gasteiger partial charge in [-0.15, -0.1) is 0 Å². The quantitative estimate of drug-likeness (QED) is 0.908. The van der Waals surface area contributed by atoms with Crippen LogP contribution < -0.4 is 4.74 Å². The van der Waals surface area contributed by atoms with Crippen LogP contribution in [0.15, 0.2) is 42.5 Å². The molecule has 0 spiro atoms. The highest BCUT2D eigenvalue weighted by Gasteiger charge is 2.23. The molecule has 0 heterocycles. The highest BCUT2D eigenvalue weighted by molar-refractivity contribution is 5.68. The maximum Gasteiger partial charge on any atom is 0.133 e. The first-order valence-corrected chi connectivity index (χ1v) is 6.26. The van der Waals surface area contributed by atoms with Crippen LogP contribution in [0.1, 0.15) is 18.4 Å². The zero-order valence-electron chi connectivity index (χ0n) is 10.3. The number of nitriles is 1. The summed E-state index contributed by atoms with van der Waals surface area (Å²) in [5.41, 5.74) is 2.16. The van der Waals surface area contributed by atoms with Gasteiger partial charge in [-0.3, -0.25) is 0 Å². The van der Waals surface area contributed by atoms with Crippen LogP contribution in [0.5, 0.6) is 11.5 Å². The second-order valence-corrected chi connectivity index (χ2v) is 4.69. The van der Waals surface area contributed by atoms with Crippen LogP contribution >= 0.6 is 0 Å². The molecule has 0 unspecified atom stereocenters. The molecule has 1 fully saturated rings. The van der Waals surface area contributed by atoms with E-state index < -0.39 is 0 Å². The van der Waals surface area contributed by atoms with Gasteiger partial charge in [0.05, 0.1) is 11.7 Å². The molecule has 0 aromatic heterocycles. The van der Waals surface area contributed by atoms with Crippen molar-refractivity contribution < 1.29 is 9.84 Å². The largest absolute Gasteiger partial charge is 0.507 e. The smallest absolute Gasteiger partial charge is 0.133 e. The fourth-order valence-electron chi connectivity index (χ4n) is 1.93. The van der Waals surface area contributed by atoms with Crippen LogP contribution in [0.3, 0.4) is 0 Å². The summed E-state index contributed by atoms with van der Waals surface area (Å²) in [6.07, 6.45) is 2.62. The Hall–Kier alpha value is -2.47. The third-order valence-corrected chi connectivity index (χ3v) is 3.11. The van der Waals surface area contributed by atoms with Crippen molar-refractivity contribution >= 4 is 0 Å². The summed E-state index contributed by atoms with van der Waals surface area (Å²) < 4.78 is 5.75. The molecule has 2 aromatic rings. The first kappa shape index (κ1) is 11.6. The Kier molecular flexibility index (Phi) is 2.85. The summed E-state index contributed by atoms with van der Waals surface area (Å²) >= 11 is 0. The minimum atomic E-state index is 0.0108. The molecule has 0 atom stereocenters. The van der Waals surface area contributed by atoms with Gasteiger partial charge >= 0.3 is 0 Å². The van der Waals surface area contributed by atoms with Gasteiger partial charge in [-0.2, -0.15) is 5.26 Å². The molecular formula is C16H13NO2. The van der Waals surface area contributed by atoms with Crippen LogP contribution in [0, 0.1) is 11.3 Å². The van der Waals surface area contributed by atoms with Crippen LogP contribution in [0.4, 0.5) is 0 Å². The second-order valence-electron chi connectivity index (χ2n) is 4.69. The molecule has 3 rings (SSSR count). The normalized spacial score (nSPS) is 13.8. The number of hydrogen-bond acceptors (Lipinski definition) is 3. The van der Waals surface area contributed by atoms with Crippen molar-refractivity contribution in [1.29, 1.82) is 5.26 Å². The number of ether oxygens (including phenoxy) is 1. The molecule has 2 aromatic carbocycles. The van der Waals surface area contributed by atoms with E-state index in [2.05, 4.69) is 0 Å². The van der Waals surface area contributed by atoms with Crippen LogP contribution in [-0.2, 0) is 0 Å². The van der Waals surface area contributed by atoms with Gasteiger partial charge in [0, 0.05) is 0 Å². The zero-order chi connectivity index (χ0) is 13.2. The molecule has 3 heteroatoms. The van der Waals surface area contributed by atoms with Gasteiger partial charge in [-0.1, -0.05) is 18.2 Å². The highest BCUT2D eigenvalue weighted by Crippen LogP contribution is 2.31. The molecule has 0 amide bonds. The lowest BCUT2D eigenvalue weighted by atomic mass is 10.0. The lowest BCUT2D eigenvalue weighted by Gasteiger charge is -2.08. The van der Waals surface area contributed by atoms with Gasteiger partial charge in [-0.25, -0.2) is 0 Å². The summed E-state index contributed by atoms with van der Waals surface area (Å²) in [5, 5.41) is 18.5. The molecule has 0 radical (unpaired) electrons. The SMILES string of the molecule is N#Cc1cc(-c2cccc(OC3CC3)c2)ccc1O. The number of hydrogen-bond donors (Lipinski definition) is 1. The van der Waals surface area contributed by atoms with Crippen LogP contribution in [-0.4, -0.2) is 11.2 Å². The first-order valence-electron chi connectivity index (χ1n) is 6.26. The van der Waals surface area contributed by atoms with E-state index in [1.54, 1.807) is 18.2 Å². The molecule has 94 valence electrons. The van der Waals surface area contributed by atoms with E-state index in [0.29, 0.717) is 6.10 Å². The van der Waals surface area contributed by atoms with Crippen molar-refractivity contribution in [2.45, 2.75) is 18.9 Å². The van der Waals surface area contributed by atoms with Crippen LogP contribution in [0.2, 0.25) is 0 Å². The summed E-state index contributed by atoms with van der Waals surface area (Å²) in [6.45, 7) is 0. The summed E-state index contributed by atoms with van der Waals surface area (Å²) in [6, 6.07) is 14.8. The summed E-state index contributed by atoms with van der Waals surface area (Å²) in [7, 11) is 0. The Morgan fingerprint density at radius 3 is 2.63 bits per heavy atom. The molecule has 1 aliphatic rings. The molecule has 0 bridgehead atoms. The lowest BCUT2D eigenvalue weighted by Crippen LogP contribution is -1.95. The van der Waals surface area contributed by atoms with Crippen molar-refractivity contribution in [1.82, 2.24) is 0 Å². The number of phenols is 1. The predicted molar refractivity (Wildman–Crippen MR) is 71.9 cm³/mol. The van der Waals surface area contributed by atoms with Crippen molar-refractivity contribution in [3.8, 4) is 28.7 Å². The Bertz CT molecular complexity index is 654. The fourth-order valence-corrected chi connectivity index (χ4v) is 1.93. The molecule has 1 aliphatic carbocycles. The number of benzene rings is 2. The Morgan fingerprint density at radius 2 is 1.89 bits per heavy atom. The third-order valence-electron chi connectivity index (χ3n) is 3.11. The predicted octanol–water partition coefficient (Wildman–Crippen LogP) is 3.47. The van der Waals surface area contributed by atoms with Gasteiger partial charge in [0.2, 0.25) is 0 Å². The Balaban J connectivity index is 1.94. The summed E-state index contributed by atoms with van der Waals surface area (Å²) in [5.74, 6) is 0.864. The minimum Gasteiger partial charge on any atom is -0.507 e. The molecule has 0 aliphatic heterocycles. The Labute approximate surface area is 111 Å². The van der Waals surface area contributed by atoms with Crippen molar-refractivity contribution in [3.05, 3.63) is 48.0 Å². The minimum absolute atomic E-state index is 0.0108. The van der Waals surface area contributed by atoms with Crippen molar-refractivity contribution in [2.75, 3.05) is 0 Å². The van der Waals surface area contributed by atoms with Gasteiger partial charge in [0.25, 0.3) is 0 Å². The van der Waals surface area contributed by atoms with Crippen molar-refractivity contribution in [2.24, 2.45) is 0 Å². The average molecular weight is 251 g/mol. The molecule has 1 N–H and O–H groups in total. The topological polar surface area (TPSA) is 53.2 Å². The van der Waals surface area contributed by atoms with Gasteiger partial charge in [-0.05, 0) is 48.2 Å². The average Bonchev–Trinajstić information content (AvgIpc) is 3.23. The van der Waals surface area contributed by atoms with E-state index in [4.69, 9.17) is 10.00 Å². The molecular weight excluding hydrogens is 238 g/mol. The van der Waals surface area contributed by atoms with Gasteiger partial charge in [0.1, 0.15) is 17.6 Å². The number of nitrogens with zero attached hydrogens (tertiary/aromatic N) is 1. The van der Waals surface area contributed by atoms with Crippen molar-refractivity contribution in [3.63, 3.8) is 0 Å². The zero-order valence-corrected chi connectivity index (χ0v) is 10.3. The van der Waals surface area contributed by atoms with E-state index in [9.17, 15) is 5.11 Å². The molecule has 0 saturated heterocycles. The monoisotopic (exact) mass is 251 g/mol. The van der Waals surface area contributed by atoms with E-state index >= 15 is 0 Å². The maximum absolute atomic E-state index is 9.52. The Morgan fingerprint density at radius 1 is 1.11 bits per heavy atom. The highest BCUT2D eigenvalue weighted by atomic mass is 16.5. The van der Waals surface area contributed by atoms with E-state index in [1.807, 2.05) is 30.3 Å². The van der Waals surface area contributed by atoms with Gasteiger partial charge in [0.15, 0.2) is 0 Å². The second kappa shape index (κ2) is 4.66. The summed E-state index contributed by atoms with van der Waals surface area (Å²) in [4.78, 5) is 0. The first-order chi connectivity index (χ1) is 9.26. The maximum atomic E-state index is 9.52. The van der Waals surface area contributed by atoms with Crippen LogP contribution in [0.25, 0.3) is 11.1 Å². The number of aromatic hydroxyl groups is 1. The number of rotatable bonds is 3. The number of phenolic OH excluding ortho intramolecular Hbond substituents is 1. The molecule has 3 nitrogen and oxygen atoms in total. The molecule has 1 saturated carbocycles. The van der Waals surface area contributed by atoms with E-state index in [0.717, 1.165) is 29.7 Å². The third kappa shape index (κ3) is 2.53. The van der Waals surface area contributed by atoms with E-state index in [-0.39, 0.29) is 11.3 Å². The fraction of sp³-hybridized carbons (Fsp3) is 0.188. The van der Waals surface area contributed by atoms with E-state index in [1.165, 1.54) is 0 Å².